The van der Waals surface area contributed by atoms with Crippen LogP contribution in [0.2, 0.25) is 0 Å². The van der Waals surface area contributed by atoms with Gasteiger partial charge in [-0.1, -0.05) is 30.3 Å². The quantitative estimate of drug-likeness (QED) is 0.924. The Bertz CT molecular complexity index is 716. The monoisotopic (exact) mass is 289 g/mol. The third-order valence-electron chi connectivity index (χ3n) is 4.21. The second-order valence-corrected chi connectivity index (χ2v) is 7.82. The first-order valence-electron chi connectivity index (χ1n) is 7.05. The van der Waals surface area contributed by atoms with E-state index in [4.69, 9.17) is 5.73 Å². The highest BCUT2D eigenvalue weighted by atomic mass is 32.2. The average molecular weight is 289 g/mol. The summed E-state index contributed by atoms with van der Waals surface area (Å²) in [6, 6.07) is 13.4. The Labute approximate surface area is 119 Å². The van der Waals surface area contributed by atoms with Crippen LogP contribution in [0, 0.1) is 0 Å². The zero-order valence-electron chi connectivity index (χ0n) is 11.3. The van der Waals surface area contributed by atoms with Crippen molar-refractivity contribution in [2.24, 2.45) is 5.73 Å². The van der Waals surface area contributed by atoms with E-state index in [1.807, 2.05) is 30.3 Å². The molecule has 2 N–H and O–H groups in total. The lowest BCUT2D eigenvalue weighted by molar-refractivity contribution is 0.434. The first-order chi connectivity index (χ1) is 9.57. The maximum atomic E-state index is 12.7. The van der Waals surface area contributed by atoms with E-state index in [9.17, 15) is 8.42 Å². The van der Waals surface area contributed by atoms with Gasteiger partial charge in [0.1, 0.15) is 0 Å². The fourth-order valence-electron chi connectivity index (χ4n) is 2.94. The fraction of sp³-hybridized carbons (Fsp3) is 0.375. The van der Waals surface area contributed by atoms with Crippen molar-refractivity contribution in [1.29, 1.82) is 0 Å². The van der Waals surface area contributed by atoms with Crippen LogP contribution in [0.5, 0.6) is 0 Å². The second kappa shape index (κ2) is 5.19. The zero-order valence-corrected chi connectivity index (χ0v) is 12.1. The van der Waals surface area contributed by atoms with Crippen LogP contribution in [0.1, 0.15) is 25.7 Å². The summed E-state index contributed by atoms with van der Waals surface area (Å²) in [4.78, 5) is 0.441. The topological polar surface area (TPSA) is 60.2 Å². The number of benzene rings is 2. The fourth-order valence-corrected chi connectivity index (χ4v) is 4.76. The third kappa shape index (κ3) is 2.45. The van der Waals surface area contributed by atoms with Crippen molar-refractivity contribution in [2.45, 2.75) is 41.9 Å². The molecule has 0 heterocycles. The van der Waals surface area contributed by atoms with Gasteiger partial charge in [0.25, 0.3) is 0 Å². The van der Waals surface area contributed by atoms with Crippen molar-refractivity contribution >= 4 is 20.6 Å². The molecular weight excluding hydrogens is 270 g/mol. The van der Waals surface area contributed by atoms with Crippen molar-refractivity contribution < 1.29 is 8.42 Å². The minimum Gasteiger partial charge on any atom is -0.328 e. The van der Waals surface area contributed by atoms with Crippen molar-refractivity contribution in [1.82, 2.24) is 0 Å². The molecule has 0 aliphatic heterocycles. The molecule has 1 aliphatic rings. The van der Waals surface area contributed by atoms with Crippen LogP contribution < -0.4 is 5.73 Å². The maximum Gasteiger partial charge on any atom is 0.181 e. The van der Waals surface area contributed by atoms with Crippen LogP contribution in [-0.2, 0) is 9.84 Å². The molecule has 0 bridgehead atoms. The molecule has 3 rings (SSSR count). The summed E-state index contributed by atoms with van der Waals surface area (Å²) in [6.45, 7) is 0. The molecule has 3 nitrogen and oxygen atoms in total. The Morgan fingerprint density at radius 2 is 1.55 bits per heavy atom. The van der Waals surface area contributed by atoms with Gasteiger partial charge in [0.15, 0.2) is 9.84 Å². The van der Waals surface area contributed by atoms with Crippen LogP contribution in [0.3, 0.4) is 0 Å². The molecule has 0 saturated heterocycles. The smallest absolute Gasteiger partial charge is 0.181 e. The summed E-state index contributed by atoms with van der Waals surface area (Å²) >= 11 is 0. The molecule has 0 aromatic heterocycles. The molecule has 0 spiro atoms. The van der Waals surface area contributed by atoms with Crippen LogP contribution in [0.4, 0.5) is 0 Å². The van der Waals surface area contributed by atoms with E-state index >= 15 is 0 Å². The second-order valence-electron chi connectivity index (χ2n) is 5.59. The van der Waals surface area contributed by atoms with Gasteiger partial charge in [0.05, 0.1) is 10.1 Å². The van der Waals surface area contributed by atoms with Crippen LogP contribution in [0.15, 0.2) is 47.4 Å². The van der Waals surface area contributed by atoms with Crippen LogP contribution in [0.25, 0.3) is 10.8 Å². The number of hydrogen-bond donors (Lipinski definition) is 1. The molecule has 0 atom stereocenters. The molecule has 0 radical (unpaired) electrons. The Balaban J connectivity index is 1.96. The van der Waals surface area contributed by atoms with E-state index in [0.29, 0.717) is 17.7 Å². The first kappa shape index (κ1) is 13.6. The summed E-state index contributed by atoms with van der Waals surface area (Å²) in [6.07, 6.45) is 2.96. The van der Waals surface area contributed by atoms with Gasteiger partial charge in [0.2, 0.25) is 0 Å². The number of nitrogens with two attached hydrogens (primary N) is 1. The van der Waals surface area contributed by atoms with Gasteiger partial charge >= 0.3 is 0 Å². The minimum absolute atomic E-state index is 0.165. The van der Waals surface area contributed by atoms with Crippen LogP contribution >= 0.6 is 0 Å². The van der Waals surface area contributed by atoms with Crippen molar-refractivity contribution in [3.8, 4) is 0 Å². The molecule has 1 saturated carbocycles. The third-order valence-corrected chi connectivity index (χ3v) is 6.47. The molecule has 20 heavy (non-hydrogen) atoms. The standard InChI is InChI=1S/C16H19NO2S/c17-14-6-9-15(10-7-14)20(18,19)16-8-5-12-3-1-2-4-13(12)11-16/h1-5,8,11,14-15H,6-7,9-10,17H2. The molecule has 106 valence electrons. The van der Waals surface area contributed by atoms with E-state index in [1.54, 1.807) is 12.1 Å². The highest BCUT2D eigenvalue weighted by molar-refractivity contribution is 7.92. The Morgan fingerprint density at radius 1 is 0.900 bits per heavy atom. The van der Waals surface area contributed by atoms with Gasteiger partial charge in [-0.2, -0.15) is 0 Å². The van der Waals surface area contributed by atoms with Gasteiger partial charge in [-0.3, -0.25) is 0 Å². The molecule has 0 amide bonds. The molecule has 2 aromatic carbocycles. The zero-order chi connectivity index (χ0) is 14.2. The average Bonchev–Trinajstić information content (AvgIpc) is 2.47. The lowest BCUT2D eigenvalue weighted by atomic mass is 9.96. The SMILES string of the molecule is NC1CCC(S(=O)(=O)c2ccc3ccccc3c2)CC1. The minimum atomic E-state index is -3.23. The molecular formula is C16H19NO2S. The summed E-state index contributed by atoms with van der Waals surface area (Å²) in [5.41, 5.74) is 5.86. The molecule has 1 aliphatic carbocycles. The van der Waals surface area contributed by atoms with E-state index in [0.717, 1.165) is 23.6 Å². The summed E-state index contributed by atoms with van der Waals surface area (Å²) < 4.78 is 25.4. The predicted octanol–water partition coefficient (Wildman–Crippen LogP) is 2.88. The maximum absolute atomic E-state index is 12.7. The van der Waals surface area contributed by atoms with E-state index in [-0.39, 0.29) is 11.3 Å². The van der Waals surface area contributed by atoms with E-state index < -0.39 is 9.84 Å². The largest absolute Gasteiger partial charge is 0.328 e. The summed E-state index contributed by atoms with van der Waals surface area (Å²) in [7, 11) is -3.23. The van der Waals surface area contributed by atoms with Crippen molar-refractivity contribution in [3.63, 3.8) is 0 Å². The number of sulfone groups is 1. The highest BCUT2D eigenvalue weighted by Gasteiger charge is 2.31. The summed E-state index contributed by atoms with van der Waals surface area (Å²) in [5, 5.41) is 1.77. The molecule has 1 fully saturated rings. The van der Waals surface area contributed by atoms with Gasteiger partial charge < -0.3 is 5.73 Å². The molecule has 0 unspecified atom stereocenters. The van der Waals surface area contributed by atoms with Gasteiger partial charge in [-0.05, 0) is 48.6 Å². The summed E-state index contributed by atoms with van der Waals surface area (Å²) in [5.74, 6) is 0. The van der Waals surface area contributed by atoms with Gasteiger partial charge in [0, 0.05) is 6.04 Å². The van der Waals surface area contributed by atoms with Crippen molar-refractivity contribution in [3.05, 3.63) is 42.5 Å². The Kier molecular flexibility index (Phi) is 3.52. The number of hydrogen-bond acceptors (Lipinski definition) is 3. The Morgan fingerprint density at radius 3 is 2.25 bits per heavy atom. The molecule has 4 heteroatoms. The van der Waals surface area contributed by atoms with Crippen molar-refractivity contribution in [2.75, 3.05) is 0 Å². The van der Waals surface area contributed by atoms with Gasteiger partial charge in [-0.25, -0.2) is 8.42 Å². The first-order valence-corrected chi connectivity index (χ1v) is 8.60. The normalized spacial score (nSPS) is 23.9. The molecule has 2 aromatic rings. The lowest BCUT2D eigenvalue weighted by Crippen LogP contribution is -2.33. The number of fused-ring (bicyclic) bond motifs is 1. The van der Waals surface area contributed by atoms with E-state index in [2.05, 4.69) is 0 Å². The van der Waals surface area contributed by atoms with Crippen LogP contribution in [-0.4, -0.2) is 19.7 Å². The van der Waals surface area contributed by atoms with Gasteiger partial charge in [-0.15, -0.1) is 0 Å². The Hall–Kier alpha value is -1.39. The van der Waals surface area contributed by atoms with E-state index in [1.165, 1.54) is 0 Å². The number of rotatable bonds is 2. The lowest BCUT2D eigenvalue weighted by Gasteiger charge is -2.26. The highest BCUT2D eigenvalue weighted by Crippen LogP contribution is 2.29. The predicted molar refractivity (Wildman–Crippen MR) is 81.4 cm³/mol.